The Morgan fingerprint density at radius 3 is 1.38 bits per heavy atom. The normalized spacial score (nSPS) is 17.1. The molecule has 10 nitrogen and oxygen atoms in total. The van der Waals surface area contributed by atoms with Crippen LogP contribution in [0.3, 0.4) is 0 Å². The zero-order valence-corrected chi connectivity index (χ0v) is 13.3. The first-order chi connectivity index (χ1) is 12.4. The van der Waals surface area contributed by atoms with Crippen LogP contribution in [0.5, 0.6) is 0 Å². The van der Waals surface area contributed by atoms with E-state index in [1.807, 2.05) is 0 Å². The SMILES string of the molecule is O=C(ON1C(=O)CCC1=O)c1cccc(C(=O)ON2C(=O)CCC2=O)c1. The van der Waals surface area contributed by atoms with Gasteiger partial charge in [0, 0.05) is 25.7 Å². The number of amides is 4. The Labute approximate surface area is 146 Å². The third-order valence-electron chi connectivity index (χ3n) is 3.69. The molecule has 2 saturated heterocycles. The lowest BCUT2D eigenvalue weighted by Gasteiger charge is -2.14. The fourth-order valence-corrected chi connectivity index (χ4v) is 2.36. The molecular weight excluding hydrogens is 348 g/mol. The van der Waals surface area contributed by atoms with Crippen LogP contribution in [0.25, 0.3) is 0 Å². The predicted molar refractivity (Wildman–Crippen MR) is 79.4 cm³/mol. The average molecular weight is 360 g/mol. The maximum absolute atomic E-state index is 12.1. The molecule has 0 N–H and O–H groups in total. The van der Waals surface area contributed by atoms with E-state index in [1.54, 1.807) is 0 Å². The first-order valence-electron chi connectivity index (χ1n) is 7.63. The highest BCUT2D eigenvalue weighted by Crippen LogP contribution is 2.17. The van der Waals surface area contributed by atoms with Crippen LogP contribution in [0, 0.1) is 0 Å². The first kappa shape index (κ1) is 17.3. The molecule has 1 aromatic rings. The third kappa shape index (κ3) is 3.29. The molecule has 10 heteroatoms. The second-order valence-corrected chi connectivity index (χ2v) is 5.50. The zero-order chi connectivity index (χ0) is 18.8. The van der Waals surface area contributed by atoms with Crippen LogP contribution in [0.15, 0.2) is 24.3 Å². The van der Waals surface area contributed by atoms with Crippen LogP contribution in [-0.2, 0) is 28.9 Å². The molecule has 0 saturated carbocycles. The monoisotopic (exact) mass is 360 g/mol. The molecule has 0 aromatic heterocycles. The number of hydroxylamine groups is 4. The molecule has 0 aliphatic carbocycles. The summed E-state index contributed by atoms with van der Waals surface area (Å²) in [6.45, 7) is 0. The molecular formula is C16H12N2O8. The Morgan fingerprint density at radius 1 is 0.692 bits per heavy atom. The van der Waals surface area contributed by atoms with Crippen LogP contribution >= 0.6 is 0 Å². The maximum Gasteiger partial charge on any atom is 0.363 e. The quantitative estimate of drug-likeness (QED) is 0.693. The van der Waals surface area contributed by atoms with E-state index in [0.717, 1.165) is 6.07 Å². The summed E-state index contributed by atoms with van der Waals surface area (Å²) in [5.74, 6) is -4.57. The molecule has 0 bridgehead atoms. The van der Waals surface area contributed by atoms with Gasteiger partial charge >= 0.3 is 11.9 Å². The van der Waals surface area contributed by atoms with Gasteiger partial charge in [0.15, 0.2) is 0 Å². The summed E-state index contributed by atoms with van der Waals surface area (Å²) in [7, 11) is 0. The van der Waals surface area contributed by atoms with Crippen molar-refractivity contribution in [2.24, 2.45) is 0 Å². The number of imide groups is 2. The minimum atomic E-state index is -1.02. The first-order valence-corrected chi connectivity index (χ1v) is 7.63. The minimum absolute atomic E-state index is 0.0453. The summed E-state index contributed by atoms with van der Waals surface area (Å²) in [6.07, 6.45) is -0.181. The molecule has 0 spiro atoms. The van der Waals surface area contributed by atoms with Crippen LogP contribution < -0.4 is 0 Å². The van der Waals surface area contributed by atoms with E-state index in [0.29, 0.717) is 10.1 Å². The van der Waals surface area contributed by atoms with Gasteiger partial charge in [0.25, 0.3) is 23.6 Å². The Morgan fingerprint density at radius 2 is 1.04 bits per heavy atom. The van der Waals surface area contributed by atoms with Gasteiger partial charge in [-0.3, -0.25) is 19.2 Å². The van der Waals surface area contributed by atoms with E-state index in [1.165, 1.54) is 18.2 Å². The van der Waals surface area contributed by atoms with Crippen molar-refractivity contribution in [3.8, 4) is 0 Å². The average Bonchev–Trinajstić information content (AvgIpc) is 3.11. The third-order valence-corrected chi connectivity index (χ3v) is 3.69. The van der Waals surface area contributed by atoms with E-state index >= 15 is 0 Å². The molecule has 3 rings (SSSR count). The summed E-state index contributed by atoms with van der Waals surface area (Å²) < 4.78 is 0. The van der Waals surface area contributed by atoms with E-state index in [2.05, 4.69) is 0 Å². The van der Waals surface area contributed by atoms with Crippen molar-refractivity contribution in [1.29, 1.82) is 0 Å². The van der Waals surface area contributed by atoms with E-state index in [-0.39, 0.29) is 36.8 Å². The highest BCUT2D eigenvalue weighted by atomic mass is 16.7. The number of hydrogen-bond donors (Lipinski definition) is 0. The van der Waals surface area contributed by atoms with E-state index < -0.39 is 35.6 Å². The van der Waals surface area contributed by atoms with Crippen molar-refractivity contribution < 1.29 is 38.4 Å². The second kappa shape index (κ2) is 6.75. The minimum Gasteiger partial charge on any atom is -0.325 e. The van der Waals surface area contributed by atoms with Gasteiger partial charge in [0.05, 0.1) is 11.1 Å². The summed E-state index contributed by atoms with van der Waals surface area (Å²) in [5.41, 5.74) is -0.239. The molecule has 2 heterocycles. The van der Waals surface area contributed by atoms with Crippen molar-refractivity contribution in [1.82, 2.24) is 10.1 Å². The summed E-state index contributed by atoms with van der Waals surface area (Å²) in [5, 5.41) is 0.768. The van der Waals surface area contributed by atoms with Gasteiger partial charge in [-0.15, -0.1) is 10.1 Å². The lowest BCUT2D eigenvalue weighted by Crippen LogP contribution is -2.32. The highest BCUT2D eigenvalue weighted by Gasteiger charge is 2.34. The van der Waals surface area contributed by atoms with E-state index in [4.69, 9.17) is 9.68 Å². The van der Waals surface area contributed by atoms with Crippen LogP contribution in [-0.4, -0.2) is 45.7 Å². The summed E-state index contributed by atoms with van der Waals surface area (Å²) in [4.78, 5) is 79.5. The number of carbonyl (C=O) groups is 6. The molecule has 4 amide bonds. The van der Waals surface area contributed by atoms with Crippen LogP contribution in [0.2, 0.25) is 0 Å². The smallest absolute Gasteiger partial charge is 0.325 e. The molecule has 26 heavy (non-hydrogen) atoms. The molecule has 2 aliphatic heterocycles. The van der Waals surface area contributed by atoms with Crippen molar-refractivity contribution in [3.63, 3.8) is 0 Å². The van der Waals surface area contributed by atoms with Gasteiger partial charge < -0.3 is 9.68 Å². The second-order valence-electron chi connectivity index (χ2n) is 5.50. The number of benzene rings is 1. The lowest BCUT2D eigenvalue weighted by molar-refractivity contribution is -0.173. The standard InChI is InChI=1S/C16H12N2O8/c19-11-4-5-12(20)17(11)25-15(23)9-2-1-3-10(8-9)16(24)26-18-13(21)6-7-14(18)22/h1-3,8H,4-7H2. The van der Waals surface area contributed by atoms with Gasteiger partial charge in [0.2, 0.25) is 0 Å². The Balaban J connectivity index is 1.71. The molecule has 0 atom stereocenters. The fourth-order valence-electron chi connectivity index (χ4n) is 2.36. The number of nitrogens with zero attached hydrogens (tertiary/aromatic N) is 2. The Bertz CT molecular complexity index is 749. The molecule has 1 aromatic carbocycles. The molecule has 0 radical (unpaired) electrons. The van der Waals surface area contributed by atoms with Crippen LogP contribution in [0.1, 0.15) is 46.4 Å². The lowest BCUT2D eigenvalue weighted by atomic mass is 10.1. The zero-order valence-electron chi connectivity index (χ0n) is 13.3. The molecule has 134 valence electrons. The number of hydrogen-bond acceptors (Lipinski definition) is 8. The number of carbonyl (C=O) groups excluding carboxylic acids is 6. The summed E-state index contributed by atoms with van der Waals surface area (Å²) >= 11 is 0. The van der Waals surface area contributed by atoms with Gasteiger partial charge in [-0.1, -0.05) is 6.07 Å². The number of rotatable bonds is 4. The van der Waals surface area contributed by atoms with Gasteiger partial charge in [0.1, 0.15) is 0 Å². The highest BCUT2D eigenvalue weighted by molar-refractivity contribution is 6.04. The predicted octanol–water partition coefficient (Wildman–Crippen LogP) is 0.128. The fraction of sp³-hybridized carbons (Fsp3) is 0.250. The summed E-state index contributed by atoms with van der Waals surface area (Å²) in [6, 6.07) is 5.04. The Hall–Kier alpha value is -3.56. The largest absolute Gasteiger partial charge is 0.363 e. The molecule has 0 unspecified atom stereocenters. The van der Waals surface area contributed by atoms with Gasteiger partial charge in [-0.05, 0) is 18.2 Å². The maximum atomic E-state index is 12.1. The van der Waals surface area contributed by atoms with E-state index in [9.17, 15) is 28.8 Å². The van der Waals surface area contributed by atoms with Crippen molar-refractivity contribution in [2.75, 3.05) is 0 Å². The Kier molecular flexibility index (Phi) is 4.48. The van der Waals surface area contributed by atoms with Gasteiger partial charge in [-0.25, -0.2) is 9.59 Å². The molecule has 2 fully saturated rings. The van der Waals surface area contributed by atoms with Crippen molar-refractivity contribution in [2.45, 2.75) is 25.7 Å². The van der Waals surface area contributed by atoms with Crippen molar-refractivity contribution >= 4 is 35.6 Å². The van der Waals surface area contributed by atoms with Gasteiger partial charge in [-0.2, -0.15) is 0 Å². The van der Waals surface area contributed by atoms with Crippen molar-refractivity contribution in [3.05, 3.63) is 35.4 Å². The topological polar surface area (TPSA) is 127 Å². The van der Waals surface area contributed by atoms with Crippen LogP contribution in [0.4, 0.5) is 0 Å². The molecule has 2 aliphatic rings.